The van der Waals surface area contributed by atoms with Crippen LogP contribution in [0.3, 0.4) is 0 Å². The van der Waals surface area contributed by atoms with Crippen LogP contribution >= 0.6 is 0 Å². The Morgan fingerprint density at radius 3 is 2.57 bits per heavy atom. The van der Waals surface area contributed by atoms with Crippen molar-refractivity contribution in [3.05, 3.63) is 82.3 Å². The SMILES string of the molecule is Cc1ccc(Cc2nc3nc4c(c(Nc5ccc(F)c(F)c5)n3n2)CCCC4)cc1. The number of hydrogen-bond donors (Lipinski definition) is 1. The van der Waals surface area contributed by atoms with Crippen LogP contribution in [0.5, 0.6) is 0 Å². The van der Waals surface area contributed by atoms with Gasteiger partial charge in [0.15, 0.2) is 17.5 Å². The molecular weight excluding hydrogens is 384 g/mol. The van der Waals surface area contributed by atoms with E-state index in [0.717, 1.165) is 60.5 Å². The monoisotopic (exact) mass is 405 g/mol. The van der Waals surface area contributed by atoms with Gasteiger partial charge in [0, 0.05) is 23.7 Å². The Labute approximate surface area is 172 Å². The lowest BCUT2D eigenvalue weighted by atomic mass is 9.96. The summed E-state index contributed by atoms with van der Waals surface area (Å²) in [4.78, 5) is 9.38. The first-order valence-corrected chi connectivity index (χ1v) is 10.1. The lowest BCUT2D eigenvalue weighted by Crippen LogP contribution is -2.13. The predicted molar refractivity (Wildman–Crippen MR) is 111 cm³/mol. The van der Waals surface area contributed by atoms with Crippen molar-refractivity contribution in [2.24, 2.45) is 0 Å². The molecule has 2 aromatic heterocycles. The zero-order valence-electron chi connectivity index (χ0n) is 16.6. The molecule has 1 N–H and O–H groups in total. The summed E-state index contributed by atoms with van der Waals surface area (Å²) >= 11 is 0. The molecule has 1 aliphatic carbocycles. The maximum absolute atomic E-state index is 13.7. The molecule has 0 radical (unpaired) electrons. The fraction of sp³-hybridized carbons (Fsp3) is 0.261. The van der Waals surface area contributed by atoms with Crippen LogP contribution in [0.2, 0.25) is 0 Å². The third-order valence-corrected chi connectivity index (χ3v) is 5.47. The van der Waals surface area contributed by atoms with E-state index in [-0.39, 0.29) is 0 Å². The molecule has 0 fully saturated rings. The van der Waals surface area contributed by atoms with Gasteiger partial charge in [0.2, 0.25) is 0 Å². The Morgan fingerprint density at radius 1 is 0.967 bits per heavy atom. The fourth-order valence-corrected chi connectivity index (χ4v) is 3.89. The summed E-state index contributed by atoms with van der Waals surface area (Å²) < 4.78 is 28.8. The van der Waals surface area contributed by atoms with Crippen molar-refractivity contribution in [3.63, 3.8) is 0 Å². The average Bonchev–Trinajstić information content (AvgIpc) is 3.14. The molecule has 2 heterocycles. The lowest BCUT2D eigenvalue weighted by molar-refractivity contribution is 0.509. The van der Waals surface area contributed by atoms with Crippen molar-refractivity contribution in [1.82, 2.24) is 19.6 Å². The Morgan fingerprint density at radius 2 is 1.77 bits per heavy atom. The smallest absolute Gasteiger partial charge is 0.254 e. The van der Waals surface area contributed by atoms with Gasteiger partial charge in [0.1, 0.15) is 5.82 Å². The highest BCUT2D eigenvalue weighted by atomic mass is 19.2. The van der Waals surface area contributed by atoms with Crippen molar-refractivity contribution in [2.75, 3.05) is 5.32 Å². The van der Waals surface area contributed by atoms with E-state index < -0.39 is 11.6 Å². The van der Waals surface area contributed by atoms with Crippen LogP contribution in [-0.2, 0) is 19.3 Å². The highest BCUT2D eigenvalue weighted by Crippen LogP contribution is 2.30. The normalized spacial score (nSPS) is 13.4. The minimum absolute atomic E-state index is 0.463. The molecule has 0 unspecified atom stereocenters. The molecule has 7 heteroatoms. The summed E-state index contributed by atoms with van der Waals surface area (Å²) in [5.74, 6) is 0.148. The summed E-state index contributed by atoms with van der Waals surface area (Å²) in [5.41, 5.74) is 4.84. The van der Waals surface area contributed by atoms with Crippen LogP contribution in [0.1, 0.15) is 41.1 Å². The van der Waals surface area contributed by atoms with E-state index in [2.05, 4.69) is 46.6 Å². The number of benzene rings is 2. The lowest BCUT2D eigenvalue weighted by Gasteiger charge is -2.20. The Bertz CT molecular complexity index is 1230. The predicted octanol–water partition coefficient (Wildman–Crippen LogP) is 4.92. The molecular formula is C23H21F2N5. The van der Waals surface area contributed by atoms with Crippen LogP contribution < -0.4 is 5.32 Å². The molecule has 152 valence electrons. The van der Waals surface area contributed by atoms with Crippen LogP contribution in [0.25, 0.3) is 5.78 Å². The van der Waals surface area contributed by atoms with Crippen molar-refractivity contribution >= 4 is 17.3 Å². The first kappa shape index (κ1) is 18.7. The first-order valence-electron chi connectivity index (χ1n) is 10.1. The molecule has 0 spiro atoms. The van der Waals surface area contributed by atoms with Gasteiger partial charge in [-0.3, -0.25) is 0 Å². The van der Waals surface area contributed by atoms with Crippen molar-refractivity contribution < 1.29 is 8.78 Å². The maximum Gasteiger partial charge on any atom is 0.254 e. The number of nitrogens with zero attached hydrogens (tertiary/aromatic N) is 4. The third kappa shape index (κ3) is 3.51. The van der Waals surface area contributed by atoms with Gasteiger partial charge in [-0.1, -0.05) is 29.8 Å². The van der Waals surface area contributed by atoms with E-state index in [9.17, 15) is 8.78 Å². The van der Waals surface area contributed by atoms with E-state index in [4.69, 9.17) is 4.98 Å². The quantitative estimate of drug-likeness (QED) is 0.523. The molecule has 0 aliphatic heterocycles. The fourth-order valence-electron chi connectivity index (χ4n) is 3.89. The van der Waals surface area contributed by atoms with E-state index in [1.165, 1.54) is 11.6 Å². The number of aromatic nitrogens is 4. The summed E-state index contributed by atoms with van der Waals surface area (Å²) in [6.45, 7) is 2.05. The molecule has 5 rings (SSSR count). The van der Waals surface area contributed by atoms with Crippen LogP contribution in [0.4, 0.5) is 20.3 Å². The number of halogens is 2. The molecule has 30 heavy (non-hydrogen) atoms. The van der Waals surface area contributed by atoms with Gasteiger partial charge in [-0.2, -0.15) is 9.50 Å². The molecule has 1 aliphatic rings. The molecule has 0 saturated heterocycles. The number of nitrogens with one attached hydrogen (secondary N) is 1. The zero-order chi connectivity index (χ0) is 20.7. The van der Waals surface area contributed by atoms with Gasteiger partial charge < -0.3 is 5.32 Å². The van der Waals surface area contributed by atoms with Gasteiger partial charge >= 0.3 is 0 Å². The topological polar surface area (TPSA) is 55.1 Å². The summed E-state index contributed by atoms with van der Waals surface area (Å²) in [6.07, 6.45) is 4.46. The zero-order valence-corrected chi connectivity index (χ0v) is 16.6. The number of rotatable bonds is 4. The second-order valence-electron chi connectivity index (χ2n) is 7.75. The summed E-state index contributed by atoms with van der Waals surface area (Å²) in [6, 6.07) is 12.1. The number of hydrogen-bond acceptors (Lipinski definition) is 4. The molecule has 4 aromatic rings. The first-order chi connectivity index (χ1) is 14.6. The van der Waals surface area contributed by atoms with Gasteiger partial charge in [-0.15, -0.1) is 5.10 Å². The van der Waals surface area contributed by atoms with Gasteiger partial charge in [0.05, 0.1) is 5.69 Å². The Hall–Kier alpha value is -3.35. The highest BCUT2D eigenvalue weighted by Gasteiger charge is 2.21. The van der Waals surface area contributed by atoms with Crippen LogP contribution in [0.15, 0.2) is 42.5 Å². The van der Waals surface area contributed by atoms with Gasteiger partial charge in [-0.25, -0.2) is 13.8 Å². The second kappa shape index (κ2) is 7.48. The summed E-state index contributed by atoms with van der Waals surface area (Å²) in [5, 5.41) is 7.93. The number of aryl methyl sites for hydroxylation is 2. The average molecular weight is 405 g/mol. The Kier molecular flexibility index (Phi) is 4.65. The standard InChI is InChI=1S/C23H21F2N5/c1-14-6-8-15(9-7-14)12-21-28-23-27-20-5-3-2-4-17(20)22(30(23)29-21)26-16-10-11-18(24)19(25)13-16/h6-11,13,26H,2-5,12H2,1H3. The molecule has 0 amide bonds. The van der Waals surface area contributed by atoms with Gasteiger partial charge in [-0.05, 0) is 50.3 Å². The Balaban J connectivity index is 1.58. The van der Waals surface area contributed by atoms with Crippen LogP contribution in [0, 0.1) is 18.6 Å². The minimum Gasteiger partial charge on any atom is -0.340 e. The molecule has 2 aromatic carbocycles. The number of anilines is 2. The van der Waals surface area contributed by atoms with Crippen molar-refractivity contribution in [2.45, 2.75) is 39.0 Å². The van der Waals surface area contributed by atoms with E-state index in [1.807, 2.05) is 0 Å². The summed E-state index contributed by atoms with van der Waals surface area (Å²) in [7, 11) is 0. The molecule has 0 saturated carbocycles. The molecule has 5 nitrogen and oxygen atoms in total. The van der Waals surface area contributed by atoms with E-state index in [1.54, 1.807) is 4.52 Å². The maximum atomic E-state index is 13.7. The largest absolute Gasteiger partial charge is 0.340 e. The van der Waals surface area contributed by atoms with Crippen molar-refractivity contribution in [3.8, 4) is 0 Å². The second-order valence-corrected chi connectivity index (χ2v) is 7.75. The highest BCUT2D eigenvalue weighted by molar-refractivity contribution is 5.63. The molecule has 0 atom stereocenters. The van der Waals surface area contributed by atoms with E-state index >= 15 is 0 Å². The molecule has 0 bridgehead atoms. The van der Waals surface area contributed by atoms with Gasteiger partial charge in [0.25, 0.3) is 5.78 Å². The van der Waals surface area contributed by atoms with Crippen molar-refractivity contribution in [1.29, 1.82) is 0 Å². The van der Waals surface area contributed by atoms with E-state index in [0.29, 0.717) is 23.7 Å². The minimum atomic E-state index is -0.891. The number of fused-ring (bicyclic) bond motifs is 2. The van der Waals surface area contributed by atoms with Crippen LogP contribution in [-0.4, -0.2) is 19.6 Å². The third-order valence-electron chi connectivity index (χ3n) is 5.47.